The summed E-state index contributed by atoms with van der Waals surface area (Å²) in [4.78, 5) is 25.9. The van der Waals surface area contributed by atoms with Crippen LogP contribution in [0, 0.1) is 0 Å². The molecular formula is C11H14F3N3O3. The number of anilines is 1. The first kappa shape index (κ1) is 15.9. The van der Waals surface area contributed by atoms with Crippen molar-refractivity contribution in [2.75, 3.05) is 25.9 Å². The molecule has 0 radical (unpaired) electrons. The lowest BCUT2D eigenvalue weighted by molar-refractivity contribution is -0.147. The zero-order valence-corrected chi connectivity index (χ0v) is 10.7. The van der Waals surface area contributed by atoms with Crippen LogP contribution in [-0.4, -0.2) is 48.1 Å². The Kier molecular flexibility index (Phi) is 5.00. The molecule has 112 valence electrons. The molecule has 0 atom stereocenters. The van der Waals surface area contributed by atoms with Gasteiger partial charge in [0.15, 0.2) is 0 Å². The van der Waals surface area contributed by atoms with Gasteiger partial charge in [0.1, 0.15) is 12.2 Å². The molecule has 1 amide bonds. The summed E-state index contributed by atoms with van der Waals surface area (Å²) in [7, 11) is 1.12. The van der Waals surface area contributed by atoms with E-state index in [9.17, 15) is 22.8 Å². The van der Waals surface area contributed by atoms with Gasteiger partial charge >= 0.3 is 12.1 Å². The predicted molar refractivity (Wildman–Crippen MR) is 63.8 cm³/mol. The van der Waals surface area contributed by atoms with Crippen LogP contribution in [0.15, 0.2) is 12.3 Å². The largest absolute Gasteiger partial charge is 0.469 e. The lowest BCUT2D eigenvalue weighted by Crippen LogP contribution is -2.40. The number of alkyl halides is 3. The Morgan fingerprint density at radius 2 is 2.10 bits per heavy atom. The third-order valence-corrected chi connectivity index (χ3v) is 2.41. The lowest BCUT2D eigenvalue weighted by Gasteiger charge is -2.22. The van der Waals surface area contributed by atoms with Gasteiger partial charge in [0.25, 0.3) is 5.91 Å². The van der Waals surface area contributed by atoms with Gasteiger partial charge in [0.05, 0.1) is 13.5 Å². The first-order chi connectivity index (χ1) is 9.23. The Hall–Kier alpha value is -2.19. The lowest BCUT2D eigenvalue weighted by atomic mass is 10.3. The molecule has 0 saturated heterocycles. The molecule has 0 bridgehead atoms. The summed E-state index contributed by atoms with van der Waals surface area (Å²) < 4.78 is 41.7. The maximum Gasteiger partial charge on any atom is 0.406 e. The van der Waals surface area contributed by atoms with Crippen molar-refractivity contribution in [2.24, 2.45) is 0 Å². The molecule has 3 N–H and O–H groups in total. The van der Waals surface area contributed by atoms with E-state index >= 15 is 0 Å². The minimum absolute atomic E-state index is 0.0726. The summed E-state index contributed by atoms with van der Waals surface area (Å²) in [6, 6.07) is 1.23. The number of nitrogens with zero attached hydrogens (tertiary/aromatic N) is 1. The number of amides is 1. The summed E-state index contributed by atoms with van der Waals surface area (Å²) in [5.74, 6) is -1.58. The van der Waals surface area contributed by atoms with Gasteiger partial charge in [0, 0.05) is 18.4 Å². The van der Waals surface area contributed by atoms with Crippen molar-refractivity contribution < 1.29 is 27.5 Å². The minimum atomic E-state index is -4.57. The molecule has 1 heterocycles. The fourth-order valence-electron chi connectivity index (χ4n) is 1.50. The number of nitrogen functional groups attached to an aromatic ring is 1. The Morgan fingerprint density at radius 3 is 2.55 bits per heavy atom. The van der Waals surface area contributed by atoms with Gasteiger partial charge in [-0.2, -0.15) is 13.2 Å². The van der Waals surface area contributed by atoms with Crippen LogP contribution in [0.25, 0.3) is 0 Å². The fourth-order valence-corrected chi connectivity index (χ4v) is 1.50. The van der Waals surface area contributed by atoms with Crippen LogP contribution in [0.4, 0.5) is 18.9 Å². The van der Waals surface area contributed by atoms with Crippen molar-refractivity contribution in [1.29, 1.82) is 0 Å². The molecule has 0 aliphatic heterocycles. The second-order valence-electron chi connectivity index (χ2n) is 4.01. The molecule has 0 aliphatic carbocycles. The van der Waals surface area contributed by atoms with Crippen LogP contribution < -0.4 is 5.73 Å². The van der Waals surface area contributed by atoms with Crippen LogP contribution in [-0.2, 0) is 9.53 Å². The molecule has 0 spiro atoms. The number of aromatic amines is 1. The van der Waals surface area contributed by atoms with E-state index in [-0.39, 0.29) is 17.8 Å². The maximum atomic E-state index is 12.4. The number of nitrogens with one attached hydrogen (secondary N) is 1. The second kappa shape index (κ2) is 6.31. The molecule has 9 heteroatoms. The van der Waals surface area contributed by atoms with E-state index in [1.54, 1.807) is 0 Å². The van der Waals surface area contributed by atoms with Gasteiger partial charge in [-0.25, -0.2) is 0 Å². The summed E-state index contributed by atoms with van der Waals surface area (Å²) in [6.07, 6.45) is -3.60. The zero-order valence-electron chi connectivity index (χ0n) is 10.7. The number of ether oxygens (including phenoxy) is 1. The highest BCUT2D eigenvalue weighted by molar-refractivity contribution is 5.93. The number of carbonyl (C=O) groups is 2. The first-order valence-corrected chi connectivity index (χ1v) is 5.59. The Bertz CT molecular complexity index is 485. The molecule has 0 fully saturated rings. The molecule has 0 unspecified atom stereocenters. The Morgan fingerprint density at radius 1 is 1.45 bits per heavy atom. The predicted octanol–water partition coefficient (Wildman–Crippen LogP) is 1.16. The Balaban J connectivity index is 2.80. The quantitative estimate of drug-likeness (QED) is 0.797. The Labute approximate surface area is 112 Å². The zero-order chi connectivity index (χ0) is 15.3. The van der Waals surface area contributed by atoms with Crippen LogP contribution in [0.3, 0.4) is 0 Å². The fraction of sp³-hybridized carbons (Fsp3) is 0.455. The number of carbonyl (C=O) groups excluding carboxylic acids is 2. The van der Waals surface area contributed by atoms with E-state index in [1.807, 2.05) is 0 Å². The molecule has 20 heavy (non-hydrogen) atoms. The van der Waals surface area contributed by atoms with Crippen molar-refractivity contribution in [1.82, 2.24) is 9.88 Å². The van der Waals surface area contributed by atoms with Gasteiger partial charge in [-0.15, -0.1) is 0 Å². The van der Waals surface area contributed by atoms with Crippen LogP contribution in [0.1, 0.15) is 16.9 Å². The molecule has 0 aliphatic rings. The van der Waals surface area contributed by atoms with E-state index < -0.39 is 31.1 Å². The van der Waals surface area contributed by atoms with E-state index in [4.69, 9.17) is 5.73 Å². The molecule has 6 nitrogen and oxygen atoms in total. The first-order valence-electron chi connectivity index (χ1n) is 5.59. The van der Waals surface area contributed by atoms with E-state index in [0.29, 0.717) is 4.90 Å². The van der Waals surface area contributed by atoms with Crippen molar-refractivity contribution in [3.63, 3.8) is 0 Å². The molecule has 0 saturated carbocycles. The normalized spacial score (nSPS) is 11.2. The highest BCUT2D eigenvalue weighted by Gasteiger charge is 2.33. The van der Waals surface area contributed by atoms with Gasteiger partial charge in [-0.1, -0.05) is 0 Å². The molecule has 1 rings (SSSR count). The third kappa shape index (κ3) is 4.82. The highest BCUT2D eigenvalue weighted by atomic mass is 19.4. The molecule has 1 aromatic rings. The van der Waals surface area contributed by atoms with Crippen LogP contribution >= 0.6 is 0 Å². The van der Waals surface area contributed by atoms with Gasteiger partial charge < -0.3 is 20.4 Å². The number of nitrogens with two attached hydrogens (primary N) is 1. The van der Waals surface area contributed by atoms with Gasteiger partial charge in [-0.3, -0.25) is 9.59 Å². The highest BCUT2D eigenvalue weighted by Crippen LogP contribution is 2.18. The summed E-state index contributed by atoms with van der Waals surface area (Å²) in [6.45, 7) is -1.86. The van der Waals surface area contributed by atoms with Crippen LogP contribution in [0.5, 0.6) is 0 Å². The van der Waals surface area contributed by atoms with Crippen molar-refractivity contribution in [3.8, 4) is 0 Å². The van der Waals surface area contributed by atoms with E-state index in [2.05, 4.69) is 9.72 Å². The van der Waals surface area contributed by atoms with Crippen molar-refractivity contribution in [2.45, 2.75) is 12.6 Å². The second-order valence-corrected chi connectivity index (χ2v) is 4.01. The smallest absolute Gasteiger partial charge is 0.406 e. The van der Waals surface area contributed by atoms with Crippen molar-refractivity contribution in [3.05, 3.63) is 18.0 Å². The standard InChI is InChI=1S/C11H14F3N3O3/c1-20-9(18)2-3-17(6-11(12,13)14)10(19)8-4-7(15)5-16-8/h4-5,16H,2-3,6,15H2,1H3. The maximum absolute atomic E-state index is 12.4. The number of hydrogen-bond acceptors (Lipinski definition) is 4. The number of rotatable bonds is 5. The number of H-pyrrole nitrogens is 1. The number of aromatic nitrogens is 1. The monoisotopic (exact) mass is 293 g/mol. The van der Waals surface area contributed by atoms with Crippen LogP contribution in [0.2, 0.25) is 0 Å². The minimum Gasteiger partial charge on any atom is -0.469 e. The van der Waals surface area contributed by atoms with Gasteiger partial charge in [-0.05, 0) is 6.07 Å². The van der Waals surface area contributed by atoms with E-state index in [0.717, 1.165) is 7.11 Å². The number of methoxy groups -OCH3 is 1. The average Bonchev–Trinajstić information content (AvgIpc) is 2.78. The molecular weight excluding hydrogens is 279 g/mol. The summed E-state index contributed by atoms with van der Waals surface area (Å²) in [5, 5.41) is 0. The molecule has 0 aromatic carbocycles. The number of hydrogen-bond donors (Lipinski definition) is 2. The SMILES string of the molecule is COC(=O)CCN(CC(F)(F)F)C(=O)c1cc(N)c[nH]1. The number of esters is 1. The topological polar surface area (TPSA) is 88.4 Å². The molecule has 1 aromatic heterocycles. The summed E-state index contributed by atoms with van der Waals surface area (Å²) in [5.41, 5.74) is 5.55. The number of halogens is 3. The average molecular weight is 293 g/mol. The summed E-state index contributed by atoms with van der Waals surface area (Å²) >= 11 is 0. The van der Waals surface area contributed by atoms with E-state index in [1.165, 1.54) is 12.3 Å². The van der Waals surface area contributed by atoms with Gasteiger partial charge in [0.2, 0.25) is 0 Å². The third-order valence-electron chi connectivity index (χ3n) is 2.41. The van der Waals surface area contributed by atoms with Crippen molar-refractivity contribution >= 4 is 17.6 Å².